The lowest BCUT2D eigenvalue weighted by atomic mass is 10.1. The minimum atomic E-state index is -0.293. The summed E-state index contributed by atoms with van der Waals surface area (Å²) >= 11 is 0. The highest BCUT2D eigenvalue weighted by Crippen LogP contribution is 2.21. The van der Waals surface area contributed by atoms with Gasteiger partial charge in [-0.2, -0.15) is 0 Å². The van der Waals surface area contributed by atoms with Crippen LogP contribution in [0, 0.1) is 6.92 Å². The van der Waals surface area contributed by atoms with Gasteiger partial charge in [-0.15, -0.1) is 0 Å². The lowest BCUT2D eigenvalue weighted by molar-refractivity contribution is -0.144. The van der Waals surface area contributed by atoms with Crippen LogP contribution in [0.25, 0.3) is 6.08 Å². The molecule has 2 aromatic carbocycles. The number of aryl methyl sites for hydroxylation is 1. The Morgan fingerprint density at radius 1 is 1.07 bits per heavy atom. The molecule has 0 N–H and O–H groups in total. The number of rotatable bonds is 8. The predicted octanol–water partition coefficient (Wildman–Crippen LogP) is 4.55. The maximum absolute atomic E-state index is 12.9. The van der Waals surface area contributed by atoms with E-state index in [9.17, 15) is 9.59 Å². The first-order valence-electron chi connectivity index (χ1n) is 9.27. The Bertz CT molecular complexity index is 766. The van der Waals surface area contributed by atoms with E-state index in [1.807, 2.05) is 68.4 Å². The molecule has 0 aliphatic rings. The molecule has 0 aromatic heterocycles. The summed E-state index contributed by atoms with van der Waals surface area (Å²) in [5.74, 6) is -0.422. The predicted molar refractivity (Wildman–Crippen MR) is 108 cm³/mol. The van der Waals surface area contributed by atoms with Crippen LogP contribution in [0.5, 0.6) is 0 Å². The maximum atomic E-state index is 12.9. The smallest absolute Gasteiger partial charge is 0.307 e. The summed E-state index contributed by atoms with van der Waals surface area (Å²) in [7, 11) is 0. The van der Waals surface area contributed by atoms with Crippen LogP contribution in [-0.2, 0) is 14.3 Å². The van der Waals surface area contributed by atoms with Gasteiger partial charge in [-0.05, 0) is 38.0 Å². The second-order valence-corrected chi connectivity index (χ2v) is 6.42. The zero-order valence-electron chi connectivity index (χ0n) is 16.2. The number of carbonyl (C=O) groups excluding carboxylic acids is 2. The third kappa shape index (κ3) is 6.41. The van der Waals surface area contributed by atoms with Gasteiger partial charge in [0.1, 0.15) is 0 Å². The molecule has 142 valence electrons. The number of carbonyl (C=O) groups is 2. The Hall–Kier alpha value is -2.88. The molecular formula is C23H27NO3. The molecule has 0 saturated carbocycles. The van der Waals surface area contributed by atoms with Gasteiger partial charge in [0.15, 0.2) is 0 Å². The van der Waals surface area contributed by atoms with Crippen molar-refractivity contribution >= 4 is 18.0 Å². The van der Waals surface area contributed by atoms with Gasteiger partial charge in [-0.25, -0.2) is 0 Å². The van der Waals surface area contributed by atoms with E-state index < -0.39 is 0 Å². The van der Waals surface area contributed by atoms with E-state index in [1.165, 1.54) is 5.56 Å². The van der Waals surface area contributed by atoms with Gasteiger partial charge < -0.3 is 9.64 Å². The second-order valence-electron chi connectivity index (χ2n) is 6.42. The van der Waals surface area contributed by atoms with E-state index in [0.29, 0.717) is 13.2 Å². The first kappa shape index (κ1) is 20.4. The summed E-state index contributed by atoms with van der Waals surface area (Å²) in [5.41, 5.74) is 3.16. The molecule has 1 unspecified atom stereocenters. The molecule has 0 bridgehead atoms. The number of ether oxygens (including phenoxy) is 1. The highest BCUT2D eigenvalue weighted by Gasteiger charge is 2.20. The molecule has 0 fully saturated rings. The van der Waals surface area contributed by atoms with Crippen LogP contribution in [0.3, 0.4) is 0 Å². The van der Waals surface area contributed by atoms with Crippen molar-refractivity contribution in [3.63, 3.8) is 0 Å². The number of hydrogen-bond donors (Lipinski definition) is 0. The Labute approximate surface area is 161 Å². The van der Waals surface area contributed by atoms with E-state index in [1.54, 1.807) is 24.0 Å². The van der Waals surface area contributed by atoms with Crippen LogP contribution in [0.2, 0.25) is 0 Å². The largest absolute Gasteiger partial charge is 0.466 e. The monoisotopic (exact) mass is 365 g/mol. The number of esters is 1. The first-order valence-corrected chi connectivity index (χ1v) is 9.27. The topological polar surface area (TPSA) is 46.6 Å². The van der Waals surface area contributed by atoms with Crippen LogP contribution < -0.4 is 0 Å². The fraction of sp³-hybridized carbons (Fsp3) is 0.304. The van der Waals surface area contributed by atoms with Gasteiger partial charge in [-0.1, -0.05) is 60.2 Å². The van der Waals surface area contributed by atoms with Crippen molar-refractivity contribution in [3.8, 4) is 0 Å². The molecule has 0 saturated heterocycles. The number of benzene rings is 2. The number of hydrogen-bond acceptors (Lipinski definition) is 3. The highest BCUT2D eigenvalue weighted by atomic mass is 16.5. The first-order chi connectivity index (χ1) is 13.0. The molecule has 2 rings (SSSR count). The van der Waals surface area contributed by atoms with Gasteiger partial charge in [0.2, 0.25) is 5.91 Å². The standard InChI is InChI=1S/C23H27NO3/c1-4-27-23(26)16-17-24(19(3)21-8-6-5-7-9-21)22(25)15-14-20-12-10-18(2)11-13-20/h5-15,19H,4,16-17H2,1-3H3/b15-14+. The summed E-state index contributed by atoms with van der Waals surface area (Å²) in [6.07, 6.45) is 3.54. The van der Waals surface area contributed by atoms with E-state index in [2.05, 4.69) is 0 Å². The normalized spacial score (nSPS) is 12.0. The van der Waals surface area contributed by atoms with Crippen molar-refractivity contribution in [2.24, 2.45) is 0 Å². The van der Waals surface area contributed by atoms with Gasteiger partial charge in [-0.3, -0.25) is 9.59 Å². The van der Waals surface area contributed by atoms with E-state index in [0.717, 1.165) is 11.1 Å². The van der Waals surface area contributed by atoms with Crippen molar-refractivity contribution in [2.75, 3.05) is 13.2 Å². The third-order valence-corrected chi connectivity index (χ3v) is 4.39. The Morgan fingerprint density at radius 3 is 2.37 bits per heavy atom. The molecule has 1 atom stereocenters. The van der Waals surface area contributed by atoms with E-state index in [-0.39, 0.29) is 24.3 Å². The Balaban J connectivity index is 2.15. The van der Waals surface area contributed by atoms with Crippen molar-refractivity contribution in [3.05, 3.63) is 77.4 Å². The molecule has 4 heteroatoms. The molecule has 0 radical (unpaired) electrons. The summed E-state index contributed by atoms with van der Waals surface area (Å²) in [4.78, 5) is 26.3. The molecule has 0 spiro atoms. The molecule has 0 heterocycles. The minimum Gasteiger partial charge on any atom is -0.466 e. The lowest BCUT2D eigenvalue weighted by Gasteiger charge is -2.28. The molecule has 2 aromatic rings. The fourth-order valence-electron chi connectivity index (χ4n) is 2.79. The van der Waals surface area contributed by atoms with Crippen molar-refractivity contribution in [1.82, 2.24) is 4.90 Å². The van der Waals surface area contributed by atoms with Crippen LogP contribution in [0.4, 0.5) is 0 Å². The minimum absolute atomic E-state index is 0.128. The SMILES string of the molecule is CCOC(=O)CCN(C(=O)/C=C/c1ccc(C)cc1)C(C)c1ccccc1. The molecule has 0 aliphatic carbocycles. The third-order valence-electron chi connectivity index (χ3n) is 4.39. The zero-order chi connectivity index (χ0) is 19.6. The average Bonchev–Trinajstić information content (AvgIpc) is 2.68. The van der Waals surface area contributed by atoms with Crippen molar-refractivity contribution in [2.45, 2.75) is 33.2 Å². The van der Waals surface area contributed by atoms with Crippen LogP contribution in [0.15, 0.2) is 60.7 Å². The molecule has 1 amide bonds. The summed E-state index contributed by atoms with van der Waals surface area (Å²) in [6.45, 7) is 6.42. The molecular weight excluding hydrogens is 338 g/mol. The molecule has 0 aliphatic heterocycles. The van der Waals surface area contributed by atoms with Crippen molar-refractivity contribution < 1.29 is 14.3 Å². The lowest BCUT2D eigenvalue weighted by Crippen LogP contribution is -2.34. The van der Waals surface area contributed by atoms with Gasteiger partial charge in [0.25, 0.3) is 0 Å². The highest BCUT2D eigenvalue weighted by molar-refractivity contribution is 5.92. The summed E-state index contributed by atoms with van der Waals surface area (Å²) in [5, 5.41) is 0. The fourth-order valence-corrected chi connectivity index (χ4v) is 2.79. The van der Waals surface area contributed by atoms with Gasteiger partial charge >= 0.3 is 5.97 Å². The maximum Gasteiger partial charge on any atom is 0.307 e. The Kier molecular flexibility index (Phi) is 7.80. The zero-order valence-corrected chi connectivity index (χ0v) is 16.2. The summed E-state index contributed by atoms with van der Waals surface area (Å²) in [6, 6.07) is 17.6. The summed E-state index contributed by atoms with van der Waals surface area (Å²) < 4.78 is 5.00. The van der Waals surface area contributed by atoms with Gasteiger partial charge in [0, 0.05) is 12.6 Å². The van der Waals surface area contributed by atoms with Crippen LogP contribution >= 0.6 is 0 Å². The van der Waals surface area contributed by atoms with Crippen LogP contribution in [0.1, 0.15) is 43.0 Å². The number of amides is 1. The van der Waals surface area contributed by atoms with Gasteiger partial charge in [0.05, 0.1) is 19.1 Å². The quantitative estimate of drug-likeness (QED) is 0.509. The van der Waals surface area contributed by atoms with Crippen LogP contribution in [-0.4, -0.2) is 29.9 Å². The Morgan fingerprint density at radius 2 is 1.74 bits per heavy atom. The van der Waals surface area contributed by atoms with E-state index in [4.69, 9.17) is 4.74 Å². The molecule has 4 nitrogen and oxygen atoms in total. The van der Waals surface area contributed by atoms with E-state index >= 15 is 0 Å². The van der Waals surface area contributed by atoms with Crippen molar-refractivity contribution in [1.29, 1.82) is 0 Å². The number of nitrogens with zero attached hydrogens (tertiary/aromatic N) is 1. The second kappa shape index (κ2) is 10.3. The molecule has 27 heavy (non-hydrogen) atoms. The average molecular weight is 365 g/mol.